The van der Waals surface area contributed by atoms with Crippen molar-refractivity contribution in [1.82, 2.24) is 10.2 Å². The molecule has 0 aliphatic carbocycles. The fourth-order valence-electron chi connectivity index (χ4n) is 3.71. The summed E-state index contributed by atoms with van der Waals surface area (Å²) in [6.45, 7) is 9.82. The van der Waals surface area contributed by atoms with E-state index in [1.165, 1.54) is 28.8 Å². The smallest absolute Gasteiger partial charge is 0.251 e. The first-order valence-electron chi connectivity index (χ1n) is 10.8. The summed E-state index contributed by atoms with van der Waals surface area (Å²) in [6, 6.07) is 9.78. The highest BCUT2D eigenvalue weighted by Crippen LogP contribution is 2.37. The van der Waals surface area contributed by atoms with Gasteiger partial charge < -0.3 is 15.1 Å². The molecule has 0 saturated carbocycles. The second-order valence-corrected chi connectivity index (χ2v) is 9.38. The number of hydrogen-bond acceptors (Lipinski definition) is 4. The molecule has 0 radical (unpaired) electrons. The van der Waals surface area contributed by atoms with Crippen LogP contribution in [0.4, 0.5) is 10.1 Å². The van der Waals surface area contributed by atoms with E-state index in [-0.39, 0.29) is 34.7 Å². The van der Waals surface area contributed by atoms with Crippen molar-refractivity contribution < 1.29 is 14.0 Å². The summed E-state index contributed by atoms with van der Waals surface area (Å²) in [5.74, 6) is -0.221. The summed E-state index contributed by atoms with van der Waals surface area (Å²) in [7, 11) is 0. The molecule has 0 bridgehead atoms. The Morgan fingerprint density at radius 2 is 2.03 bits per heavy atom. The molecule has 172 valence electrons. The van der Waals surface area contributed by atoms with Crippen LogP contribution in [0.1, 0.15) is 36.7 Å². The van der Waals surface area contributed by atoms with Crippen LogP contribution in [-0.4, -0.2) is 48.6 Å². The largest absolute Gasteiger partial charge is 0.352 e. The molecule has 3 rings (SSSR count). The molecule has 8 heteroatoms. The van der Waals surface area contributed by atoms with Crippen LogP contribution in [0.3, 0.4) is 0 Å². The van der Waals surface area contributed by atoms with Gasteiger partial charge in [0.1, 0.15) is 5.82 Å². The Hall–Kier alpha value is -2.09. The third-order valence-corrected chi connectivity index (χ3v) is 7.02. The van der Waals surface area contributed by atoms with E-state index in [9.17, 15) is 14.0 Å². The number of carbonyl (C=O) groups is 2. The lowest BCUT2D eigenvalue weighted by molar-refractivity contribution is -0.116. The van der Waals surface area contributed by atoms with Crippen LogP contribution in [0.25, 0.3) is 0 Å². The first-order valence-corrected chi connectivity index (χ1v) is 12.2. The predicted octanol–water partition coefficient (Wildman–Crippen LogP) is 4.83. The summed E-state index contributed by atoms with van der Waals surface area (Å²) < 4.78 is 14.3. The molecular weight excluding hydrogens is 449 g/mol. The van der Waals surface area contributed by atoms with E-state index in [2.05, 4.69) is 31.0 Å². The monoisotopic (exact) mass is 477 g/mol. The number of anilines is 1. The number of benzene rings is 2. The molecule has 32 heavy (non-hydrogen) atoms. The topological polar surface area (TPSA) is 52.7 Å². The van der Waals surface area contributed by atoms with E-state index >= 15 is 0 Å². The molecule has 1 aliphatic rings. The van der Waals surface area contributed by atoms with Gasteiger partial charge >= 0.3 is 0 Å². The molecule has 1 heterocycles. The van der Waals surface area contributed by atoms with Gasteiger partial charge in [-0.1, -0.05) is 38.4 Å². The van der Waals surface area contributed by atoms with Crippen LogP contribution in [0.5, 0.6) is 0 Å². The van der Waals surface area contributed by atoms with Gasteiger partial charge in [0.15, 0.2) is 0 Å². The molecule has 1 aliphatic heterocycles. The molecule has 0 spiro atoms. The van der Waals surface area contributed by atoms with E-state index in [0.29, 0.717) is 23.7 Å². The molecule has 0 aromatic heterocycles. The second-order valence-electron chi connectivity index (χ2n) is 7.95. The molecular formula is C24H29ClFN3O2S. The maximum absolute atomic E-state index is 14.3. The zero-order valence-electron chi connectivity index (χ0n) is 18.7. The lowest BCUT2D eigenvalue weighted by Crippen LogP contribution is -2.36. The van der Waals surface area contributed by atoms with Gasteiger partial charge in [-0.25, -0.2) is 4.39 Å². The molecule has 0 saturated heterocycles. The molecule has 5 nitrogen and oxygen atoms in total. The fraction of sp³-hybridized carbons (Fsp3) is 0.417. The molecule has 2 amide bonds. The fourth-order valence-corrected chi connectivity index (χ4v) is 4.85. The third-order valence-electron chi connectivity index (χ3n) is 5.62. The Bertz CT molecular complexity index is 963. The number of carbonyl (C=O) groups excluding carboxylic acids is 2. The van der Waals surface area contributed by atoms with Gasteiger partial charge in [0.2, 0.25) is 5.91 Å². The highest BCUT2D eigenvalue weighted by atomic mass is 35.5. The van der Waals surface area contributed by atoms with Crippen LogP contribution in [0, 0.1) is 11.7 Å². The van der Waals surface area contributed by atoms with Crippen molar-refractivity contribution in [3.8, 4) is 0 Å². The summed E-state index contributed by atoms with van der Waals surface area (Å²) in [4.78, 5) is 30.2. The third kappa shape index (κ3) is 5.82. The zero-order chi connectivity index (χ0) is 23.3. The van der Waals surface area contributed by atoms with Crippen LogP contribution in [0.15, 0.2) is 41.3 Å². The molecule has 1 N–H and O–H groups in total. The zero-order valence-corrected chi connectivity index (χ0v) is 20.2. The number of nitrogens with zero attached hydrogens (tertiary/aromatic N) is 2. The van der Waals surface area contributed by atoms with Crippen molar-refractivity contribution in [2.24, 2.45) is 5.92 Å². The minimum atomic E-state index is -0.457. The van der Waals surface area contributed by atoms with Gasteiger partial charge in [0, 0.05) is 34.1 Å². The number of nitrogens with one attached hydrogen (secondary N) is 1. The van der Waals surface area contributed by atoms with Crippen LogP contribution < -0.4 is 10.2 Å². The van der Waals surface area contributed by atoms with E-state index in [1.807, 2.05) is 6.07 Å². The first-order chi connectivity index (χ1) is 15.3. The molecule has 2 aromatic rings. The van der Waals surface area contributed by atoms with Crippen molar-refractivity contribution in [1.29, 1.82) is 0 Å². The summed E-state index contributed by atoms with van der Waals surface area (Å²) in [6.07, 6.45) is 0. The Kier molecular flexibility index (Phi) is 8.57. The van der Waals surface area contributed by atoms with E-state index < -0.39 is 5.82 Å². The summed E-state index contributed by atoms with van der Waals surface area (Å²) >= 11 is 7.60. The van der Waals surface area contributed by atoms with E-state index in [0.717, 1.165) is 24.5 Å². The maximum Gasteiger partial charge on any atom is 0.251 e. The Morgan fingerprint density at radius 1 is 1.28 bits per heavy atom. The molecule has 0 fully saturated rings. The van der Waals surface area contributed by atoms with Gasteiger partial charge in [-0.15, -0.1) is 11.8 Å². The average Bonchev–Trinajstić information content (AvgIpc) is 2.79. The van der Waals surface area contributed by atoms with E-state index in [4.69, 9.17) is 11.6 Å². The lowest BCUT2D eigenvalue weighted by Gasteiger charge is -2.30. The standard InChI is InChI=1S/C24H29ClFN3O2S/c1-4-28(5-2)13-16(3)12-27-24(31)17-9-10-22-21(11-17)29(23(30)15-32-22)14-18-19(25)7-6-8-20(18)26/h6-11,16H,4-5,12-15H2,1-3H3,(H,27,31). The van der Waals surface area contributed by atoms with Crippen LogP contribution in [-0.2, 0) is 11.3 Å². The van der Waals surface area contributed by atoms with Crippen molar-refractivity contribution in [2.75, 3.05) is 36.8 Å². The van der Waals surface area contributed by atoms with Crippen molar-refractivity contribution in [3.05, 3.63) is 58.4 Å². The molecule has 1 atom stereocenters. The predicted molar refractivity (Wildman–Crippen MR) is 129 cm³/mol. The van der Waals surface area contributed by atoms with Crippen molar-refractivity contribution in [3.63, 3.8) is 0 Å². The highest BCUT2D eigenvalue weighted by Gasteiger charge is 2.27. The number of amides is 2. The quantitative estimate of drug-likeness (QED) is 0.562. The number of thioether (sulfide) groups is 1. The van der Waals surface area contributed by atoms with Crippen molar-refractivity contribution >= 4 is 40.9 Å². The first kappa shape index (κ1) is 24.6. The minimum Gasteiger partial charge on any atom is -0.352 e. The highest BCUT2D eigenvalue weighted by molar-refractivity contribution is 8.00. The SMILES string of the molecule is CCN(CC)CC(C)CNC(=O)c1ccc2c(c1)N(Cc1c(F)cccc1Cl)C(=O)CS2. The van der Waals surface area contributed by atoms with Gasteiger partial charge in [-0.2, -0.15) is 0 Å². The lowest BCUT2D eigenvalue weighted by atomic mass is 10.1. The van der Waals surface area contributed by atoms with Gasteiger partial charge in [-0.3, -0.25) is 9.59 Å². The van der Waals surface area contributed by atoms with Crippen molar-refractivity contribution in [2.45, 2.75) is 32.2 Å². The summed E-state index contributed by atoms with van der Waals surface area (Å²) in [5, 5.41) is 3.27. The van der Waals surface area contributed by atoms with Gasteiger partial charge in [0.25, 0.3) is 5.91 Å². The van der Waals surface area contributed by atoms with Gasteiger partial charge in [0.05, 0.1) is 18.0 Å². The van der Waals surface area contributed by atoms with E-state index in [1.54, 1.807) is 18.2 Å². The number of fused-ring (bicyclic) bond motifs is 1. The number of rotatable bonds is 9. The van der Waals surface area contributed by atoms with Gasteiger partial charge in [-0.05, 0) is 49.3 Å². The Balaban J connectivity index is 1.76. The molecule has 2 aromatic carbocycles. The summed E-state index contributed by atoms with van der Waals surface area (Å²) in [5.41, 5.74) is 1.34. The normalized spacial score (nSPS) is 14.4. The number of hydrogen-bond donors (Lipinski definition) is 1. The second kappa shape index (κ2) is 11.2. The van der Waals surface area contributed by atoms with Crippen LogP contribution >= 0.6 is 23.4 Å². The average molecular weight is 478 g/mol. The number of halogens is 2. The Labute approximate surface area is 198 Å². The minimum absolute atomic E-state index is 0.0177. The Morgan fingerprint density at radius 3 is 2.72 bits per heavy atom. The van der Waals surface area contributed by atoms with Crippen LogP contribution in [0.2, 0.25) is 5.02 Å². The maximum atomic E-state index is 14.3. The molecule has 1 unspecified atom stereocenters.